The van der Waals surface area contributed by atoms with E-state index in [9.17, 15) is 14.4 Å². The highest BCUT2D eigenvalue weighted by Gasteiger charge is 2.52. The molecule has 0 saturated carbocycles. The average Bonchev–Trinajstić information content (AvgIpc) is 2.47. The monoisotopic (exact) mass is 1190 g/mol. The third kappa shape index (κ3) is 21.4. The number of hydrogen-bond acceptors (Lipinski definition) is 14. The van der Waals surface area contributed by atoms with Crippen molar-refractivity contribution in [2.45, 2.75) is 216 Å². The molecule has 3 unspecified atom stereocenters. The molecule has 2 N–H and O–H groups in total. The number of esters is 1. The SMILES string of the molecule is CCOC(C)O[C@@H]1CC[C@@](C)(OC(C)OCC)[C@@H](OC(=O)NCCOCCOCCNC(=O)CCCCC2=[N+]3C(=Cc4c(C)cc(C)n4[B-]3(F)F)C=C2)/C=C/[C@H](C)[C@@H](/C(C)=C/C=C/[C@@H](C)C[C@H]2O[C@@H]2[C@H](C)[C@H](CC)OC(C)OCC)OC(=O)C1. The molecule has 0 aromatic carbocycles. The lowest BCUT2D eigenvalue weighted by atomic mass is 9.88. The Morgan fingerprint density at radius 2 is 1.60 bits per heavy atom. The zero-order valence-corrected chi connectivity index (χ0v) is 52.8. The molecule has 21 heteroatoms. The van der Waals surface area contributed by atoms with Crippen LogP contribution in [0.4, 0.5) is 13.4 Å². The van der Waals surface area contributed by atoms with E-state index in [0.717, 1.165) is 32.9 Å². The summed E-state index contributed by atoms with van der Waals surface area (Å²) in [4.78, 5) is 40.1. The molecule has 0 bridgehead atoms. The molecule has 18 nitrogen and oxygen atoms in total. The fourth-order valence-electron chi connectivity index (χ4n) is 11.5. The van der Waals surface area contributed by atoms with Gasteiger partial charge in [0.25, 0.3) is 0 Å². The second kappa shape index (κ2) is 34.7. The van der Waals surface area contributed by atoms with Crippen LogP contribution in [0.3, 0.4) is 0 Å². The average molecular weight is 1190 g/mol. The standard InChI is InChI=1S/C63H101BF2N4O14/c1-15-55(80-49(12)77-17-3)47(10)61-56(81-61)38-42(5)22-21-23-43(6)60-44(7)26-29-57(63(14,84-50(13)78-18-4)31-30-53(41-59(72)83-60)79-48(11)76-16-2)82-62(73)68-33-35-75-37-36-74-34-32-67-58(71)25-20-19-24-51-27-28-52-40-54-45(8)39-46(9)69(54)64(65,66)70(51)52/h21-23,26-29,39-40,42,44,47-50,53,55-57,60-61H,15-20,24-25,30-38,41H2,1-14H3,(H,67,71)(H,68,73)/b22-21+,29-26+,43-23+/t42-,44+,47-,48?,49?,50?,53-,55+,56-,57+,60-,61-,63-/m1/s1. The lowest BCUT2D eigenvalue weighted by molar-refractivity contribution is -0.362. The maximum absolute atomic E-state index is 15.8. The van der Waals surface area contributed by atoms with Gasteiger partial charge in [0.1, 0.15) is 17.4 Å². The highest BCUT2D eigenvalue weighted by molar-refractivity contribution is 6.58. The second-order valence-electron chi connectivity index (χ2n) is 22.9. The number of rotatable bonds is 35. The third-order valence-corrected chi connectivity index (χ3v) is 15.8. The van der Waals surface area contributed by atoms with Gasteiger partial charge in [-0.05, 0) is 143 Å². The minimum atomic E-state index is -4.01. The number of cyclic esters (lactones) is 1. The summed E-state index contributed by atoms with van der Waals surface area (Å²) in [6, 6.07) is 1.79. The van der Waals surface area contributed by atoms with Crippen molar-refractivity contribution in [1.82, 2.24) is 15.1 Å². The molecular formula is C63H101BF2N4O14. The molecule has 0 aliphatic carbocycles. The highest BCUT2D eigenvalue weighted by Crippen LogP contribution is 2.39. The van der Waals surface area contributed by atoms with Crippen molar-refractivity contribution in [3.8, 4) is 0 Å². The normalized spacial score (nSPS) is 26.0. The molecule has 4 aliphatic heterocycles. The smallest absolute Gasteiger partial charge is 0.457 e. The number of nitrogens with one attached hydrogen (secondary N) is 2. The number of fused-ring (bicyclic) bond motifs is 2. The number of unbranched alkanes of at least 4 members (excludes halogenated alkanes) is 1. The zero-order chi connectivity index (χ0) is 61.6. The summed E-state index contributed by atoms with van der Waals surface area (Å²) < 4.78 is 100. The van der Waals surface area contributed by atoms with E-state index in [1.165, 1.54) is 0 Å². The van der Waals surface area contributed by atoms with Crippen molar-refractivity contribution in [3.63, 3.8) is 0 Å². The number of ether oxygens (including phenoxy) is 11. The molecule has 13 atom stereocenters. The van der Waals surface area contributed by atoms with Gasteiger partial charge >= 0.3 is 19.0 Å². The number of allylic oxidation sites excluding steroid dienone is 5. The maximum atomic E-state index is 15.8. The minimum Gasteiger partial charge on any atom is -0.457 e. The number of carbonyl (C=O) groups is 3. The van der Waals surface area contributed by atoms with Crippen molar-refractivity contribution in [1.29, 1.82) is 0 Å². The Morgan fingerprint density at radius 1 is 0.917 bits per heavy atom. The van der Waals surface area contributed by atoms with Crippen LogP contribution in [0.25, 0.3) is 6.08 Å². The highest BCUT2D eigenvalue weighted by atomic mass is 19.2. The predicted molar refractivity (Wildman–Crippen MR) is 320 cm³/mol. The van der Waals surface area contributed by atoms with Crippen molar-refractivity contribution < 1.29 is 79.6 Å². The van der Waals surface area contributed by atoms with E-state index in [1.54, 1.807) is 45.1 Å². The first-order chi connectivity index (χ1) is 40.0. The molecular weight excluding hydrogens is 1090 g/mol. The van der Waals surface area contributed by atoms with Crippen LogP contribution in [0.15, 0.2) is 59.9 Å². The van der Waals surface area contributed by atoms with Crippen LogP contribution < -0.4 is 10.6 Å². The zero-order valence-electron chi connectivity index (χ0n) is 52.8. The van der Waals surface area contributed by atoms with Gasteiger partial charge in [0, 0.05) is 81.5 Å². The van der Waals surface area contributed by atoms with E-state index in [2.05, 4.69) is 37.5 Å². The van der Waals surface area contributed by atoms with Gasteiger partial charge in [-0.3, -0.25) is 9.59 Å². The molecule has 1 aromatic rings. The Hall–Kier alpha value is -4.58. The van der Waals surface area contributed by atoms with Crippen LogP contribution >= 0.6 is 0 Å². The van der Waals surface area contributed by atoms with Crippen LogP contribution in [0, 0.1) is 31.6 Å². The van der Waals surface area contributed by atoms with Gasteiger partial charge in [-0.1, -0.05) is 52.0 Å². The van der Waals surface area contributed by atoms with Gasteiger partial charge in [0.05, 0.1) is 57.3 Å². The largest absolute Gasteiger partial charge is 0.737 e. The van der Waals surface area contributed by atoms with E-state index >= 15 is 8.63 Å². The Morgan fingerprint density at radius 3 is 2.29 bits per heavy atom. The van der Waals surface area contributed by atoms with Crippen LogP contribution in [-0.4, -0.2) is 160 Å². The van der Waals surface area contributed by atoms with E-state index in [0.29, 0.717) is 81.3 Å². The van der Waals surface area contributed by atoms with Gasteiger partial charge in [-0.15, -0.1) is 0 Å². The Balaban J connectivity index is 1.11. The maximum Gasteiger partial charge on any atom is 0.737 e. The van der Waals surface area contributed by atoms with Gasteiger partial charge < -0.3 is 80.3 Å². The number of carbonyl (C=O) groups excluding carboxylic acids is 3. The number of aryl methyl sites for hydroxylation is 2. The fourth-order valence-corrected chi connectivity index (χ4v) is 11.5. The molecule has 0 spiro atoms. The first-order valence-corrected chi connectivity index (χ1v) is 30.9. The summed E-state index contributed by atoms with van der Waals surface area (Å²) in [5, 5.41) is 5.65. The van der Waals surface area contributed by atoms with Crippen molar-refractivity contribution >= 4 is 36.7 Å². The quantitative estimate of drug-likeness (QED) is 0.0124. The summed E-state index contributed by atoms with van der Waals surface area (Å²) in [6.07, 6.45) is 15.1. The summed E-state index contributed by atoms with van der Waals surface area (Å²) in [7, 11) is 0. The third-order valence-electron chi connectivity index (χ3n) is 15.8. The summed E-state index contributed by atoms with van der Waals surface area (Å²) in [5.74, 6) is -0.476. The number of amides is 2. The molecule has 5 heterocycles. The minimum absolute atomic E-state index is 0.0386. The molecule has 0 radical (unpaired) electrons. The second-order valence-corrected chi connectivity index (χ2v) is 22.9. The number of epoxide rings is 1. The van der Waals surface area contributed by atoms with Crippen molar-refractivity contribution in [3.05, 3.63) is 76.8 Å². The molecule has 474 valence electrons. The van der Waals surface area contributed by atoms with Gasteiger partial charge in [-0.2, -0.15) is 0 Å². The first kappa shape index (κ1) is 70.2. The number of aromatic nitrogens is 1. The number of nitrogens with zero attached hydrogens (tertiary/aromatic N) is 2. The fraction of sp³-hybridized carbons (Fsp3) is 0.714. The van der Waals surface area contributed by atoms with Crippen LogP contribution in [0.1, 0.15) is 158 Å². The van der Waals surface area contributed by atoms with E-state index < -0.39 is 55.5 Å². The molecule has 1 aromatic heterocycles. The van der Waals surface area contributed by atoms with Crippen LogP contribution in [-0.2, 0) is 61.7 Å². The topological polar surface area (TPSA) is 188 Å². The molecule has 2 amide bonds. The van der Waals surface area contributed by atoms with E-state index in [4.69, 9.17) is 52.1 Å². The number of halogens is 2. The Bertz CT molecular complexity index is 2450. The van der Waals surface area contributed by atoms with Crippen molar-refractivity contribution in [2.24, 2.45) is 17.8 Å². The predicted octanol–water partition coefficient (Wildman–Crippen LogP) is 10.8. The molecule has 84 heavy (non-hydrogen) atoms. The van der Waals surface area contributed by atoms with Crippen LogP contribution in [0.5, 0.6) is 0 Å². The molecule has 1 fully saturated rings. The van der Waals surface area contributed by atoms with E-state index in [-0.39, 0.29) is 94.1 Å². The molecule has 1 saturated heterocycles. The lowest BCUT2D eigenvalue weighted by Crippen LogP contribution is -2.50. The Kier molecular flexibility index (Phi) is 29.0. The molecule has 5 rings (SSSR count). The Labute approximate surface area is 499 Å². The summed E-state index contributed by atoms with van der Waals surface area (Å²) >= 11 is 0. The first-order valence-electron chi connectivity index (χ1n) is 30.9. The number of alkyl carbamates (subject to hydrolysis) is 1. The van der Waals surface area contributed by atoms with E-state index in [1.807, 2.05) is 79.7 Å². The van der Waals surface area contributed by atoms with Crippen molar-refractivity contribution in [2.75, 3.05) is 59.3 Å². The van der Waals surface area contributed by atoms with Crippen LogP contribution in [0.2, 0.25) is 0 Å². The molecule has 4 aliphatic rings. The van der Waals surface area contributed by atoms with Gasteiger partial charge in [0.15, 0.2) is 30.7 Å². The summed E-state index contributed by atoms with van der Waals surface area (Å²) in [5.41, 5.74) is 2.62. The lowest BCUT2D eigenvalue weighted by Gasteiger charge is -2.39. The van der Waals surface area contributed by atoms with Gasteiger partial charge in [-0.25, -0.2) is 4.79 Å². The van der Waals surface area contributed by atoms with Gasteiger partial charge in [0.2, 0.25) is 5.91 Å². The summed E-state index contributed by atoms with van der Waals surface area (Å²) in [6.45, 7) is 25.8. The number of hydrogen-bond donors (Lipinski definition) is 2.